The molecule has 1 heterocycles. The highest BCUT2D eigenvalue weighted by Gasteiger charge is 2.11. The molecule has 2 N–H and O–H groups in total. The van der Waals surface area contributed by atoms with E-state index in [1.165, 1.54) is 7.11 Å². The van der Waals surface area contributed by atoms with Crippen LogP contribution >= 0.6 is 0 Å². The number of aromatic nitrogens is 1. The molecule has 1 unspecified atom stereocenters. The first-order valence-electron chi connectivity index (χ1n) is 5.03. The molecule has 0 aliphatic heterocycles. The zero-order valence-corrected chi connectivity index (χ0v) is 9.49. The Balaban J connectivity index is 2.72. The fraction of sp³-hybridized carbons (Fsp3) is 0.545. The van der Waals surface area contributed by atoms with Crippen molar-refractivity contribution in [3.05, 3.63) is 23.5 Å². The first-order valence-corrected chi connectivity index (χ1v) is 5.03. The molecule has 1 rings (SSSR count). The van der Waals surface area contributed by atoms with Gasteiger partial charge >= 0.3 is 5.97 Å². The van der Waals surface area contributed by atoms with Crippen LogP contribution in [0.1, 0.15) is 29.4 Å². The van der Waals surface area contributed by atoms with Crippen molar-refractivity contribution in [1.82, 2.24) is 4.57 Å². The van der Waals surface area contributed by atoms with E-state index < -0.39 is 0 Å². The number of nitrogens with zero attached hydrogens (tertiary/aromatic N) is 1. The molecule has 0 saturated heterocycles. The number of methoxy groups -OCH3 is 1. The number of hydrogen-bond acceptors (Lipinski definition) is 3. The van der Waals surface area contributed by atoms with Crippen molar-refractivity contribution < 1.29 is 9.53 Å². The molecule has 0 radical (unpaired) electrons. The molecule has 0 fully saturated rings. The Morgan fingerprint density at radius 1 is 1.67 bits per heavy atom. The Morgan fingerprint density at radius 2 is 2.33 bits per heavy atom. The van der Waals surface area contributed by atoms with Crippen molar-refractivity contribution in [3.8, 4) is 0 Å². The summed E-state index contributed by atoms with van der Waals surface area (Å²) in [5, 5.41) is 0. The minimum Gasteiger partial charge on any atom is -0.464 e. The first kappa shape index (κ1) is 11.8. The van der Waals surface area contributed by atoms with Gasteiger partial charge in [0.1, 0.15) is 5.69 Å². The summed E-state index contributed by atoms with van der Waals surface area (Å²) in [4.78, 5) is 11.3. The van der Waals surface area contributed by atoms with E-state index in [-0.39, 0.29) is 12.0 Å². The van der Waals surface area contributed by atoms with Crippen LogP contribution in [0.15, 0.2) is 12.3 Å². The Morgan fingerprint density at radius 3 is 2.87 bits per heavy atom. The quantitative estimate of drug-likeness (QED) is 0.757. The molecule has 0 aromatic carbocycles. The van der Waals surface area contributed by atoms with Gasteiger partial charge in [-0.3, -0.25) is 0 Å². The van der Waals surface area contributed by atoms with Crippen LogP contribution in [-0.2, 0) is 18.2 Å². The van der Waals surface area contributed by atoms with E-state index in [4.69, 9.17) is 5.73 Å². The summed E-state index contributed by atoms with van der Waals surface area (Å²) in [7, 11) is 3.22. The number of nitrogens with two attached hydrogens (primary N) is 1. The third kappa shape index (κ3) is 3.09. The molecule has 0 aliphatic rings. The van der Waals surface area contributed by atoms with Gasteiger partial charge in [0.15, 0.2) is 0 Å². The van der Waals surface area contributed by atoms with Crippen molar-refractivity contribution in [1.29, 1.82) is 0 Å². The summed E-state index contributed by atoms with van der Waals surface area (Å²) in [6, 6.07) is 2.04. The fourth-order valence-electron chi connectivity index (χ4n) is 1.47. The summed E-state index contributed by atoms with van der Waals surface area (Å²) in [6.45, 7) is 1.98. The molecule has 0 aliphatic carbocycles. The Kier molecular flexibility index (Phi) is 3.91. The summed E-state index contributed by atoms with van der Waals surface area (Å²) >= 11 is 0. The standard InChI is InChI=1S/C11H18N2O2/c1-8(12)4-5-9-6-10(11(14)15-3)13(2)7-9/h6-8H,4-5,12H2,1-3H3. The lowest BCUT2D eigenvalue weighted by molar-refractivity contribution is 0.0590. The van der Waals surface area contributed by atoms with Gasteiger partial charge in [0.25, 0.3) is 0 Å². The average Bonchev–Trinajstić information content (AvgIpc) is 2.55. The summed E-state index contributed by atoms with van der Waals surface area (Å²) < 4.78 is 6.45. The summed E-state index contributed by atoms with van der Waals surface area (Å²) in [6.07, 6.45) is 3.75. The summed E-state index contributed by atoms with van der Waals surface area (Å²) in [5.41, 5.74) is 7.37. The molecule has 4 heteroatoms. The van der Waals surface area contributed by atoms with Gasteiger partial charge in [0.05, 0.1) is 7.11 Å². The van der Waals surface area contributed by atoms with E-state index in [1.807, 2.05) is 26.2 Å². The smallest absolute Gasteiger partial charge is 0.354 e. The SMILES string of the molecule is COC(=O)c1cc(CCC(C)N)cn1C. The van der Waals surface area contributed by atoms with Crippen molar-refractivity contribution in [2.24, 2.45) is 12.8 Å². The first-order chi connectivity index (χ1) is 7.04. The van der Waals surface area contributed by atoms with Gasteiger partial charge in [-0.1, -0.05) is 0 Å². The summed E-state index contributed by atoms with van der Waals surface area (Å²) in [5.74, 6) is -0.301. The van der Waals surface area contributed by atoms with E-state index >= 15 is 0 Å². The molecular formula is C11H18N2O2. The largest absolute Gasteiger partial charge is 0.464 e. The van der Waals surface area contributed by atoms with Gasteiger partial charge in [0.2, 0.25) is 0 Å². The average molecular weight is 210 g/mol. The molecule has 0 bridgehead atoms. The highest BCUT2D eigenvalue weighted by molar-refractivity contribution is 5.87. The number of carbonyl (C=O) groups is 1. The van der Waals surface area contributed by atoms with Crippen LogP contribution in [0.2, 0.25) is 0 Å². The zero-order valence-electron chi connectivity index (χ0n) is 9.49. The third-order valence-electron chi connectivity index (χ3n) is 2.34. The van der Waals surface area contributed by atoms with Crippen LogP contribution in [-0.4, -0.2) is 23.7 Å². The zero-order chi connectivity index (χ0) is 11.4. The Bertz CT molecular complexity index is 342. The van der Waals surface area contributed by atoms with Crippen LogP contribution in [0, 0.1) is 0 Å². The number of carbonyl (C=O) groups excluding carboxylic acids is 1. The molecule has 84 valence electrons. The molecule has 1 aromatic heterocycles. The lowest BCUT2D eigenvalue weighted by atomic mass is 10.1. The molecule has 4 nitrogen and oxygen atoms in total. The van der Waals surface area contributed by atoms with Crippen molar-refractivity contribution in [3.63, 3.8) is 0 Å². The second kappa shape index (κ2) is 4.98. The van der Waals surface area contributed by atoms with Crippen LogP contribution in [0.4, 0.5) is 0 Å². The van der Waals surface area contributed by atoms with Crippen molar-refractivity contribution in [2.45, 2.75) is 25.8 Å². The van der Waals surface area contributed by atoms with Gasteiger partial charge in [-0.05, 0) is 31.4 Å². The highest BCUT2D eigenvalue weighted by Crippen LogP contribution is 2.11. The number of hydrogen-bond donors (Lipinski definition) is 1. The predicted molar refractivity (Wildman–Crippen MR) is 58.7 cm³/mol. The van der Waals surface area contributed by atoms with E-state index in [0.29, 0.717) is 5.69 Å². The van der Waals surface area contributed by atoms with Crippen LogP contribution < -0.4 is 5.73 Å². The molecule has 1 atom stereocenters. The van der Waals surface area contributed by atoms with Gasteiger partial charge < -0.3 is 15.0 Å². The lowest BCUT2D eigenvalue weighted by Crippen LogP contribution is -2.15. The van der Waals surface area contributed by atoms with Gasteiger partial charge in [-0.15, -0.1) is 0 Å². The van der Waals surface area contributed by atoms with Crippen molar-refractivity contribution >= 4 is 5.97 Å². The molecule has 1 aromatic rings. The van der Waals surface area contributed by atoms with E-state index in [0.717, 1.165) is 18.4 Å². The second-order valence-electron chi connectivity index (χ2n) is 3.85. The lowest BCUT2D eigenvalue weighted by Gasteiger charge is -2.01. The van der Waals surface area contributed by atoms with Gasteiger partial charge in [-0.2, -0.15) is 0 Å². The minimum absolute atomic E-state index is 0.187. The van der Waals surface area contributed by atoms with Crippen LogP contribution in [0.3, 0.4) is 0 Å². The molecule has 0 spiro atoms. The molecular weight excluding hydrogens is 192 g/mol. The van der Waals surface area contributed by atoms with E-state index in [1.54, 1.807) is 4.57 Å². The van der Waals surface area contributed by atoms with Gasteiger partial charge in [0, 0.05) is 19.3 Å². The molecule has 0 amide bonds. The third-order valence-corrected chi connectivity index (χ3v) is 2.34. The van der Waals surface area contributed by atoms with Crippen LogP contribution in [0.25, 0.3) is 0 Å². The maximum atomic E-state index is 11.3. The van der Waals surface area contributed by atoms with E-state index in [9.17, 15) is 4.79 Å². The number of aryl methyl sites for hydroxylation is 2. The Labute approximate surface area is 90.0 Å². The normalized spacial score (nSPS) is 12.5. The molecule has 15 heavy (non-hydrogen) atoms. The van der Waals surface area contributed by atoms with E-state index in [2.05, 4.69) is 4.74 Å². The maximum Gasteiger partial charge on any atom is 0.354 e. The van der Waals surface area contributed by atoms with Gasteiger partial charge in [-0.25, -0.2) is 4.79 Å². The number of ether oxygens (including phenoxy) is 1. The number of esters is 1. The predicted octanol–water partition coefficient (Wildman–Crippen LogP) is 1.09. The van der Waals surface area contributed by atoms with Crippen LogP contribution in [0.5, 0.6) is 0 Å². The monoisotopic (exact) mass is 210 g/mol. The fourth-order valence-corrected chi connectivity index (χ4v) is 1.47. The number of rotatable bonds is 4. The molecule has 0 saturated carbocycles. The maximum absolute atomic E-state index is 11.3. The minimum atomic E-state index is -0.301. The van der Waals surface area contributed by atoms with Crippen molar-refractivity contribution in [2.75, 3.05) is 7.11 Å². The topological polar surface area (TPSA) is 57.2 Å². The highest BCUT2D eigenvalue weighted by atomic mass is 16.5. The second-order valence-corrected chi connectivity index (χ2v) is 3.85. The Hall–Kier alpha value is -1.29.